The molecule has 96 valence electrons. The van der Waals surface area contributed by atoms with Crippen LogP contribution in [0.1, 0.15) is 18.4 Å². The summed E-state index contributed by atoms with van der Waals surface area (Å²) >= 11 is 0. The molecule has 0 bridgehead atoms. The predicted molar refractivity (Wildman–Crippen MR) is 62.9 cm³/mol. The fourth-order valence-corrected chi connectivity index (χ4v) is 3.46. The Bertz CT molecular complexity index is 436. The maximum Gasteiger partial charge on any atom is 0.217 e. The highest BCUT2D eigenvalue weighted by Gasteiger charge is 2.39. The first-order valence-electron chi connectivity index (χ1n) is 5.63. The average molecular weight is 259 g/mol. The van der Waals surface area contributed by atoms with Crippen LogP contribution in [0.4, 0.5) is 0 Å². The molecule has 0 unspecified atom stereocenters. The Balaban J connectivity index is 2.07. The summed E-state index contributed by atoms with van der Waals surface area (Å²) in [5.74, 6) is 0. The van der Waals surface area contributed by atoms with Gasteiger partial charge in [0.1, 0.15) is 0 Å². The van der Waals surface area contributed by atoms with Gasteiger partial charge in [-0.1, -0.05) is 0 Å². The summed E-state index contributed by atoms with van der Waals surface area (Å²) in [6.45, 7) is 1.16. The van der Waals surface area contributed by atoms with E-state index in [0.29, 0.717) is 19.7 Å². The zero-order valence-electron chi connectivity index (χ0n) is 9.83. The maximum absolute atomic E-state index is 12.2. The standard InChI is InChI=1S/C11H17NO4S/c1-15-7-5-12(8-10-4-6-16-9-10)17(13,14)11-2-3-11/h4,6,9,11H,2-3,5,7-8H2,1H3. The molecule has 5 nitrogen and oxygen atoms in total. The molecule has 6 heteroatoms. The first-order chi connectivity index (χ1) is 8.14. The molecule has 0 radical (unpaired) electrons. The van der Waals surface area contributed by atoms with Crippen LogP contribution in [-0.2, 0) is 21.3 Å². The summed E-state index contributed by atoms with van der Waals surface area (Å²) in [4.78, 5) is 0. The Morgan fingerprint density at radius 3 is 2.82 bits per heavy atom. The van der Waals surface area contributed by atoms with E-state index < -0.39 is 10.0 Å². The molecule has 0 spiro atoms. The van der Waals surface area contributed by atoms with Crippen LogP contribution < -0.4 is 0 Å². The Morgan fingerprint density at radius 2 is 2.29 bits per heavy atom. The van der Waals surface area contributed by atoms with Gasteiger partial charge < -0.3 is 9.15 Å². The van der Waals surface area contributed by atoms with E-state index in [2.05, 4.69) is 0 Å². The molecule has 0 N–H and O–H groups in total. The lowest BCUT2D eigenvalue weighted by atomic mass is 10.3. The van der Waals surface area contributed by atoms with Gasteiger partial charge in [0, 0.05) is 25.8 Å². The highest BCUT2D eigenvalue weighted by atomic mass is 32.2. The van der Waals surface area contributed by atoms with Crippen LogP contribution in [0.3, 0.4) is 0 Å². The first kappa shape index (κ1) is 12.6. The molecule has 2 rings (SSSR count). The molecule has 0 atom stereocenters. The number of sulfonamides is 1. The van der Waals surface area contributed by atoms with E-state index in [9.17, 15) is 8.42 Å². The number of nitrogens with zero attached hydrogens (tertiary/aromatic N) is 1. The van der Waals surface area contributed by atoms with Crippen LogP contribution in [-0.4, -0.2) is 38.2 Å². The second kappa shape index (κ2) is 5.20. The van der Waals surface area contributed by atoms with Gasteiger partial charge in [0.2, 0.25) is 10.0 Å². The predicted octanol–water partition coefficient (Wildman–Crippen LogP) is 1.22. The number of methoxy groups -OCH3 is 1. The van der Waals surface area contributed by atoms with Crippen LogP contribution >= 0.6 is 0 Å². The van der Waals surface area contributed by atoms with Gasteiger partial charge in [-0.05, 0) is 18.9 Å². The lowest BCUT2D eigenvalue weighted by Gasteiger charge is -2.21. The fraction of sp³-hybridized carbons (Fsp3) is 0.636. The summed E-state index contributed by atoms with van der Waals surface area (Å²) in [5.41, 5.74) is 0.866. The van der Waals surface area contributed by atoms with Gasteiger partial charge in [-0.2, -0.15) is 4.31 Å². The second-order valence-corrected chi connectivity index (χ2v) is 6.42. The van der Waals surface area contributed by atoms with Crippen LogP contribution in [0.2, 0.25) is 0 Å². The van der Waals surface area contributed by atoms with Gasteiger partial charge in [-0.15, -0.1) is 0 Å². The molecule has 17 heavy (non-hydrogen) atoms. The van der Waals surface area contributed by atoms with Crippen molar-refractivity contribution in [2.45, 2.75) is 24.6 Å². The molecule has 1 saturated carbocycles. The number of rotatable bonds is 7. The van der Waals surface area contributed by atoms with Gasteiger partial charge in [0.25, 0.3) is 0 Å². The maximum atomic E-state index is 12.2. The van der Waals surface area contributed by atoms with Gasteiger partial charge in [0.15, 0.2) is 0 Å². The zero-order valence-corrected chi connectivity index (χ0v) is 10.6. The molecule has 1 heterocycles. The molecule has 0 saturated heterocycles. The lowest BCUT2D eigenvalue weighted by molar-refractivity contribution is 0.177. The molecule has 1 aliphatic carbocycles. The van der Waals surface area contributed by atoms with Crippen molar-refractivity contribution in [3.05, 3.63) is 24.2 Å². The lowest BCUT2D eigenvalue weighted by Crippen LogP contribution is -2.35. The second-order valence-electron chi connectivity index (χ2n) is 4.20. The summed E-state index contributed by atoms with van der Waals surface area (Å²) in [5, 5.41) is -0.189. The monoisotopic (exact) mass is 259 g/mol. The van der Waals surface area contributed by atoms with Crippen molar-refractivity contribution in [2.75, 3.05) is 20.3 Å². The van der Waals surface area contributed by atoms with Crippen molar-refractivity contribution >= 4 is 10.0 Å². The van der Waals surface area contributed by atoms with E-state index >= 15 is 0 Å². The molecule has 0 amide bonds. The van der Waals surface area contributed by atoms with Crippen LogP contribution in [0.15, 0.2) is 23.0 Å². The highest BCUT2D eigenvalue weighted by Crippen LogP contribution is 2.31. The first-order valence-corrected chi connectivity index (χ1v) is 7.14. The third-order valence-corrected chi connectivity index (χ3v) is 5.13. The minimum Gasteiger partial charge on any atom is -0.472 e. The SMILES string of the molecule is COCCN(Cc1ccoc1)S(=O)(=O)C1CC1. The Kier molecular flexibility index (Phi) is 3.86. The van der Waals surface area contributed by atoms with Crippen LogP contribution in [0.25, 0.3) is 0 Å². The van der Waals surface area contributed by atoms with Crippen molar-refractivity contribution in [2.24, 2.45) is 0 Å². The van der Waals surface area contributed by atoms with E-state index in [1.807, 2.05) is 0 Å². The molecule has 1 aromatic rings. The number of furan rings is 1. The normalized spacial score (nSPS) is 16.6. The van der Waals surface area contributed by atoms with E-state index in [4.69, 9.17) is 9.15 Å². The van der Waals surface area contributed by atoms with E-state index in [1.165, 1.54) is 4.31 Å². The summed E-state index contributed by atoms with van der Waals surface area (Å²) < 4.78 is 35.7. The quantitative estimate of drug-likeness (QED) is 0.738. The summed E-state index contributed by atoms with van der Waals surface area (Å²) in [7, 11) is -1.60. The van der Waals surface area contributed by atoms with Crippen molar-refractivity contribution in [3.8, 4) is 0 Å². The number of hydrogen-bond donors (Lipinski definition) is 0. The van der Waals surface area contributed by atoms with Crippen LogP contribution in [0, 0.1) is 0 Å². The Hall–Kier alpha value is -0.850. The van der Waals surface area contributed by atoms with Gasteiger partial charge >= 0.3 is 0 Å². The topological polar surface area (TPSA) is 59.8 Å². The molecular weight excluding hydrogens is 242 g/mol. The molecule has 1 aliphatic rings. The smallest absolute Gasteiger partial charge is 0.217 e. The minimum absolute atomic E-state index is 0.189. The van der Waals surface area contributed by atoms with Gasteiger partial charge in [-0.3, -0.25) is 0 Å². The Labute approximate surface area is 101 Å². The molecule has 0 aromatic carbocycles. The summed E-state index contributed by atoms with van der Waals surface area (Å²) in [6.07, 6.45) is 4.67. The third-order valence-electron chi connectivity index (χ3n) is 2.79. The van der Waals surface area contributed by atoms with Gasteiger partial charge in [-0.25, -0.2) is 8.42 Å². The van der Waals surface area contributed by atoms with Crippen molar-refractivity contribution in [3.63, 3.8) is 0 Å². The number of ether oxygens (including phenoxy) is 1. The Morgan fingerprint density at radius 1 is 1.53 bits per heavy atom. The van der Waals surface area contributed by atoms with Gasteiger partial charge in [0.05, 0.1) is 24.4 Å². The minimum atomic E-state index is -3.16. The third kappa shape index (κ3) is 3.08. The molecular formula is C11H17NO4S. The summed E-state index contributed by atoms with van der Waals surface area (Å²) in [6, 6.07) is 1.78. The van der Waals surface area contributed by atoms with Crippen molar-refractivity contribution in [1.29, 1.82) is 0 Å². The van der Waals surface area contributed by atoms with E-state index in [0.717, 1.165) is 18.4 Å². The van der Waals surface area contributed by atoms with E-state index in [-0.39, 0.29) is 5.25 Å². The van der Waals surface area contributed by atoms with Crippen molar-refractivity contribution < 1.29 is 17.6 Å². The highest BCUT2D eigenvalue weighted by molar-refractivity contribution is 7.90. The molecule has 1 fully saturated rings. The van der Waals surface area contributed by atoms with Crippen molar-refractivity contribution in [1.82, 2.24) is 4.31 Å². The molecule has 1 aromatic heterocycles. The average Bonchev–Trinajstić information content (AvgIpc) is 3.04. The largest absolute Gasteiger partial charge is 0.472 e. The zero-order chi connectivity index (χ0) is 12.3. The number of hydrogen-bond acceptors (Lipinski definition) is 4. The fourth-order valence-electron chi connectivity index (χ4n) is 1.65. The van der Waals surface area contributed by atoms with E-state index in [1.54, 1.807) is 25.7 Å². The van der Waals surface area contributed by atoms with Crippen LogP contribution in [0.5, 0.6) is 0 Å². The molecule has 0 aliphatic heterocycles.